The Morgan fingerprint density at radius 1 is 1.58 bits per heavy atom. The van der Waals surface area contributed by atoms with Crippen LogP contribution in [0.2, 0.25) is 0 Å². The second kappa shape index (κ2) is 4.31. The van der Waals surface area contributed by atoms with Crippen molar-refractivity contribution in [3.63, 3.8) is 0 Å². The van der Waals surface area contributed by atoms with Gasteiger partial charge in [-0.1, -0.05) is 12.7 Å². The first kappa shape index (κ1) is 9.33. The molecule has 0 spiro atoms. The Morgan fingerprint density at radius 2 is 2.25 bits per heavy atom. The van der Waals surface area contributed by atoms with Gasteiger partial charge in [0.25, 0.3) is 0 Å². The van der Waals surface area contributed by atoms with E-state index < -0.39 is 0 Å². The molecule has 12 heavy (non-hydrogen) atoms. The summed E-state index contributed by atoms with van der Waals surface area (Å²) in [6, 6.07) is 0.665. The van der Waals surface area contributed by atoms with Crippen molar-refractivity contribution >= 4 is 0 Å². The first-order chi connectivity index (χ1) is 5.79. The number of hydrazine groups is 1. The van der Waals surface area contributed by atoms with Gasteiger partial charge in [0.15, 0.2) is 0 Å². The normalized spacial score (nSPS) is 17.8. The van der Waals surface area contributed by atoms with Crippen LogP contribution in [0.5, 0.6) is 0 Å². The van der Waals surface area contributed by atoms with Gasteiger partial charge in [-0.25, -0.2) is 5.43 Å². The van der Waals surface area contributed by atoms with E-state index in [1.165, 1.54) is 19.3 Å². The fourth-order valence-electron chi connectivity index (χ4n) is 1.48. The predicted molar refractivity (Wildman–Crippen MR) is 52.5 cm³/mol. The van der Waals surface area contributed by atoms with Crippen molar-refractivity contribution in [2.45, 2.75) is 32.2 Å². The molecule has 0 bridgehead atoms. The van der Waals surface area contributed by atoms with Crippen LogP contribution in [-0.4, -0.2) is 18.1 Å². The average Bonchev–Trinajstić information content (AvgIpc) is 1.96. The van der Waals surface area contributed by atoms with Gasteiger partial charge in [-0.3, -0.25) is 0 Å². The molecule has 0 amide bonds. The van der Waals surface area contributed by atoms with Gasteiger partial charge in [0.2, 0.25) is 0 Å². The molecular formula is C10H18N2. The lowest BCUT2D eigenvalue weighted by atomic mass is 9.92. The van der Waals surface area contributed by atoms with Gasteiger partial charge in [0, 0.05) is 18.8 Å². The van der Waals surface area contributed by atoms with Crippen LogP contribution in [0.1, 0.15) is 26.2 Å². The van der Waals surface area contributed by atoms with Crippen molar-refractivity contribution in [1.82, 2.24) is 10.4 Å². The topological polar surface area (TPSA) is 15.3 Å². The largest absolute Gasteiger partial charge is 0.306 e. The minimum atomic E-state index is 0.665. The fraction of sp³-hybridized carbons (Fsp3) is 0.600. The van der Waals surface area contributed by atoms with Crippen molar-refractivity contribution in [3.8, 4) is 0 Å². The van der Waals surface area contributed by atoms with Crippen molar-refractivity contribution in [2.75, 3.05) is 7.05 Å². The summed E-state index contributed by atoms with van der Waals surface area (Å²) < 4.78 is 0. The summed E-state index contributed by atoms with van der Waals surface area (Å²) in [5.41, 5.74) is 4.23. The second-order valence-corrected chi connectivity index (χ2v) is 3.17. The SMILES string of the molecule is C=C(/C=C\C)N(NC)C1CCC1. The van der Waals surface area contributed by atoms with Crippen LogP contribution in [0.4, 0.5) is 0 Å². The first-order valence-electron chi connectivity index (χ1n) is 4.57. The van der Waals surface area contributed by atoms with Crippen LogP contribution >= 0.6 is 0 Å². The van der Waals surface area contributed by atoms with Gasteiger partial charge in [-0.2, -0.15) is 0 Å². The highest BCUT2D eigenvalue weighted by molar-refractivity contribution is 5.13. The molecule has 1 N–H and O–H groups in total. The predicted octanol–water partition coefficient (Wildman–Crippen LogP) is 2.07. The zero-order chi connectivity index (χ0) is 8.97. The molecule has 0 aromatic carbocycles. The van der Waals surface area contributed by atoms with Crippen molar-refractivity contribution < 1.29 is 0 Å². The van der Waals surface area contributed by atoms with Crippen LogP contribution in [-0.2, 0) is 0 Å². The van der Waals surface area contributed by atoms with E-state index in [2.05, 4.69) is 17.0 Å². The molecule has 0 unspecified atom stereocenters. The standard InChI is InChI=1S/C10H18N2/c1-4-6-9(2)12(11-3)10-7-5-8-10/h4,6,10-11H,2,5,7-8H2,1,3H3/b6-4-. The van der Waals surface area contributed by atoms with Gasteiger partial charge in [0.1, 0.15) is 0 Å². The lowest BCUT2D eigenvalue weighted by molar-refractivity contribution is 0.129. The second-order valence-electron chi connectivity index (χ2n) is 3.17. The Hall–Kier alpha value is -0.760. The lowest BCUT2D eigenvalue weighted by Gasteiger charge is -2.38. The van der Waals surface area contributed by atoms with Crippen LogP contribution in [0.3, 0.4) is 0 Å². The molecule has 1 rings (SSSR count). The highest BCUT2D eigenvalue weighted by Gasteiger charge is 2.23. The highest BCUT2D eigenvalue weighted by atomic mass is 15.5. The Bertz CT molecular complexity index is 180. The summed E-state index contributed by atoms with van der Waals surface area (Å²) in [4.78, 5) is 0. The molecule has 2 heteroatoms. The molecular weight excluding hydrogens is 148 g/mol. The Kier molecular flexibility index (Phi) is 3.35. The van der Waals surface area contributed by atoms with Crippen molar-refractivity contribution in [1.29, 1.82) is 0 Å². The van der Waals surface area contributed by atoms with Crippen LogP contribution in [0, 0.1) is 0 Å². The van der Waals surface area contributed by atoms with E-state index in [0.29, 0.717) is 6.04 Å². The monoisotopic (exact) mass is 166 g/mol. The maximum Gasteiger partial charge on any atom is 0.0454 e. The molecule has 1 aliphatic carbocycles. The van der Waals surface area contributed by atoms with Gasteiger partial charge in [-0.05, 0) is 32.3 Å². The lowest BCUT2D eigenvalue weighted by Crippen LogP contribution is -2.45. The number of allylic oxidation sites excluding steroid dienone is 2. The van der Waals surface area contributed by atoms with Crippen molar-refractivity contribution in [3.05, 3.63) is 24.4 Å². The third-order valence-electron chi connectivity index (χ3n) is 2.35. The zero-order valence-corrected chi connectivity index (χ0v) is 8.01. The smallest absolute Gasteiger partial charge is 0.0454 e. The van der Waals surface area contributed by atoms with E-state index >= 15 is 0 Å². The van der Waals surface area contributed by atoms with Crippen molar-refractivity contribution in [2.24, 2.45) is 0 Å². The van der Waals surface area contributed by atoms with Crippen LogP contribution < -0.4 is 5.43 Å². The highest BCUT2D eigenvalue weighted by Crippen LogP contribution is 2.25. The molecule has 0 atom stereocenters. The zero-order valence-electron chi connectivity index (χ0n) is 8.01. The number of nitrogens with zero attached hydrogens (tertiary/aromatic N) is 1. The molecule has 0 aliphatic heterocycles. The molecule has 2 nitrogen and oxygen atoms in total. The number of nitrogens with one attached hydrogen (secondary N) is 1. The summed E-state index contributed by atoms with van der Waals surface area (Å²) in [5.74, 6) is 0. The summed E-state index contributed by atoms with van der Waals surface area (Å²) in [7, 11) is 1.95. The fourth-order valence-corrected chi connectivity index (χ4v) is 1.48. The molecule has 0 radical (unpaired) electrons. The summed E-state index contributed by atoms with van der Waals surface area (Å²) in [6.07, 6.45) is 7.99. The molecule has 1 saturated carbocycles. The molecule has 68 valence electrons. The molecule has 1 fully saturated rings. The number of hydrogen-bond donors (Lipinski definition) is 1. The molecule has 0 aromatic heterocycles. The maximum atomic E-state index is 4.00. The van der Waals surface area contributed by atoms with E-state index in [0.717, 1.165) is 5.70 Å². The van der Waals surface area contributed by atoms with Gasteiger partial charge in [-0.15, -0.1) is 0 Å². The maximum absolute atomic E-state index is 4.00. The Balaban J connectivity index is 2.48. The van der Waals surface area contributed by atoms with E-state index in [9.17, 15) is 0 Å². The third-order valence-corrected chi connectivity index (χ3v) is 2.35. The van der Waals surface area contributed by atoms with E-state index in [1.807, 2.05) is 26.1 Å². The minimum absolute atomic E-state index is 0.665. The van der Waals surface area contributed by atoms with E-state index in [-0.39, 0.29) is 0 Å². The summed E-state index contributed by atoms with van der Waals surface area (Å²) >= 11 is 0. The number of rotatable bonds is 4. The summed E-state index contributed by atoms with van der Waals surface area (Å²) in [6.45, 7) is 6.01. The van der Waals surface area contributed by atoms with Crippen LogP contribution in [0.25, 0.3) is 0 Å². The average molecular weight is 166 g/mol. The third kappa shape index (κ3) is 1.89. The minimum Gasteiger partial charge on any atom is -0.306 e. The first-order valence-corrected chi connectivity index (χ1v) is 4.57. The van der Waals surface area contributed by atoms with E-state index in [1.54, 1.807) is 0 Å². The number of hydrogen-bond acceptors (Lipinski definition) is 2. The van der Waals surface area contributed by atoms with Gasteiger partial charge < -0.3 is 5.01 Å². The summed E-state index contributed by atoms with van der Waals surface area (Å²) in [5, 5.41) is 2.16. The Morgan fingerprint density at radius 3 is 2.58 bits per heavy atom. The molecule has 0 saturated heterocycles. The Labute approximate surface area is 74.9 Å². The van der Waals surface area contributed by atoms with Gasteiger partial charge in [0.05, 0.1) is 0 Å². The van der Waals surface area contributed by atoms with E-state index in [4.69, 9.17) is 0 Å². The molecule has 0 aromatic rings. The molecule has 0 heterocycles. The van der Waals surface area contributed by atoms with Gasteiger partial charge >= 0.3 is 0 Å². The quantitative estimate of drug-likeness (QED) is 0.508. The van der Waals surface area contributed by atoms with Crippen LogP contribution in [0.15, 0.2) is 24.4 Å². The molecule has 1 aliphatic rings.